The molecule has 0 aliphatic rings. The Hall–Kier alpha value is -1.67. The van der Waals surface area contributed by atoms with Crippen molar-refractivity contribution in [2.24, 2.45) is 5.14 Å². The Morgan fingerprint density at radius 3 is 2.67 bits per heavy atom. The highest BCUT2D eigenvalue weighted by molar-refractivity contribution is 7.97. The second-order valence-corrected chi connectivity index (χ2v) is 5.82. The first-order valence-corrected chi connectivity index (χ1v) is 8.97. The highest BCUT2D eigenvalue weighted by Crippen LogP contribution is 2.26. The lowest BCUT2D eigenvalue weighted by molar-refractivity contribution is 0.404. The van der Waals surface area contributed by atoms with Gasteiger partial charge in [0.25, 0.3) is 0 Å². The van der Waals surface area contributed by atoms with Crippen molar-refractivity contribution in [3.8, 4) is 18.6 Å². The summed E-state index contributed by atoms with van der Waals surface area (Å²) in [5.74, 6) is 0.832. The normalized spacial score (nSPS) is 12.5. The summed E-state index contributed by atoms with van der Waals surface area (Å²) in [4.78, 5) is 0.980. The molecule has 1 atom stereocenters. The SMILES string of the molecule is C#C.C/C=C\C(=C/CC)[C@@H](C)NCCc1ccc(OC)c(SN)c1. The summed E-state index contributed by atoms with van der Waals surface area (Å²) < 4.78 is 5.29. The van der Waals surface area contributed by atoms with Crippen LogP contribution in [0.15, 0.2) is 46.9 Å². The quantitative estimate of drug-likeness (QED) is 0.397. The molecule has 24 heavy (non-hydrogen) atoms. The van der Waals surface area contributed by atoms with Gasteiger partial charge < -0.3 is 10.1 Å². The topological polar surface area (TPSA) is 47.3 Å². The molecule has 0 aliphatic carbocycles. The third-order valence-electron chi connectivity index (χ3n) is 3.52. The van der Waals surface area contributed by atoms with Crippen LogP contribution < -0.4 is 15.2 Å². The van der Waals surface area contributed by atoms with Crippen LogP contribution in [-0.4, -0.2) is 19.7 Å². The number of hydrogen-bond donors (Lipinski definition) is 2. The molecule has 4 heteroatoms. The van der Waals surface area contributed by atoms with Gasteiger partial charge in [-0.25, -0.2) is 0 Å². The first-order valence-electron chi connectivity index (χ1n) is 8.09. The second-order valence-electron chi connectivity index (χ2n) is 5.14. The molecule has 0 saturated heterocycles. The second kappa shape index (κ2) is 13.7. The van der Waals surface area contributed by atoms with Gasteiger partial charge in [-0.3, -0.25) is 5.14 Å². The van der Waals surface area contributed by atoms with E-state index in [1.807, 2.05) is 6.07 Å². The molecular weight excluding hydrogens is 316 g/mol. The Balaban J connectivity index is 0.00000254. The van der Waals surface area contributed by atoms with Crippen LogP contribution in [-0.2, 0) is 6.42 Å². The molecule has 1 aromatic carbocycles. The van der Waals surface area contributed by atoms with Crippen molar-refractivity contribution in [1.82, 2.24) is 5.32 Å². The van der Waals surface area contributed by atoms with Crippen LogP contribution in [0.3, 0.4) is 0 Å². The summed E-state index contributed by atoms with van der Waals surface area (Å²) in [5.41, 5.74) is 2.61. The van der Waals surface area contributed by atoms with E-state index in [-0.39, 0.29) is 0 Å². The zero-order chi connectivity index (χ0) is 18.4. The Bertz CT molecular complexity index is 550. The fourth-order valence-electron chi connectivity index (χ4n) is 2.34. The predicted octanol–water partition coefficient (Wildman–Crippen LogP) is 4.34. The van der Waals surface area contributed by atoms with Gasteiger partial charge in [-0.1, -0.05) is 31.2 Å². The molecule has 0 unspecified atom stereocenters. The molecule has 0 aromatic heterocycles. The maximum atomic E-state index is 5.68. The predicted molar refractivity (Wildman–Crippen MR) is 107 cm³/mol. The summed E-state index contributed by atoms with van der Waals surface area (Å²) in [5, 5.41) is 9.26. The minimum Gasteiger partial charge on any atom is -0.496 e. The highest BCUT2D eigenvalue weighted by Gasteiger charge is 2.06. The Morgan fingerprint density at radius 1 is 1.42 bits per heavy atom. The average molecular weight is 347 g/mol. The average Bonchev–Trinajstić information content (AvgIpc) is 2.62. The highest BCUT2D eigenvalue weighted by atomic mass is 32.2. The molecular formula is C20H30N2OS. The Kier molecular flexibility index (Phi) is 12.8. The molecule has 0 fully saturated rings. The van der Waals surface area contributed by atoms with E-state index in [1.165, 1.54) is 23.1 Å². The number of nitrogens with two attached hydrogens (primary N) is 1. The van der Waals surface area contributed by atoms with Crippen LogP contribution in [0.25, 0.3) is 0 Å². The van der Waals surface area contributed by atoms with Gasteiger partial charge in [0.15, 0.2) is 0 Å². The minimum absolute atomic E-state index is 0.359. The third-order valence-corrected chi connectivity index (χ3v) is 4.09. The number of rotatable bonds is 9. The molecule has 132 valence electrons. The standard InChI is InChI=1S/C18H28N2OS.C2H2/c1-5-7-16(8-6-2)14(3)20-12-11-15-9-10-17(21-4)18(13-15)22-19;1-2/h5,7-10,13-14,20H,6,11-12,19H2,1-4H3;1-2H/b7-5-,16-8+;/t14-;/m1./s1. The van der Waals surface area contributed by atoms with Gasteiger partial charge in [0.2, 0.25) is 0 Å². The summed E-state index contributed by atoms with van der Waals surface area (Å²) in [7, 11) is 1.67. The van der Waals surface area contributed by atoms with Gasteiger partial charge >= 0.3 is 0 Å². The van der Waals surface area contributed by atoms with E-state index in [9.17, 15) is 0 Å². The first-order chi connectivity index (χ1) is 11.7. The number of methoxy groups -OCH3 is 1. The van der Waals surface area contributed by atoms with E-state index in [4.69, 9.17) is 9.88 Å². The van der Waals surface area contributed by atoms with Crippen LogP contribution in [0.2, 0.25) is 0 Å². The molecule has 0 amide bonds. The van der Waals surface area contributed by atoms with Gasteiger partial charge in [0.1, 0.15) is 5.75 Å². The zero-order valence-corrected chi connectivity index (χ0v) is 16.0. The largest absolute Gasteiger partial charge is 0.496 e. The summed E-state index contributed by atoms with van der Waals surface area (Å²) in [6, 6.07) is 6.54. The van der Waals surface area contributed by atoms with Gasteiger partial charge in [-0.2, -0.15) is 0 Å². The minimum atomic E-state index is 0.359. The van der Waals surface area contributed by atoms with Gasteiger partial charge in [-0.15, -0.1) is 12.8 Å². The van der Waals surface area contributed by atoms with E-state index in [0.717, 1.165) is 30.0 Å². The van der Waals surface area contributed by atoms with Crippen molar-refractivity contribution in [3.05, 3.63) is 47.6 Å². The summed E-state index contributed by atoms with van der Waals surface area (Å²) in [6.07, 6.45) is 16.6. The fraction of sp³-hybridized carbons (Fsp3) is 0.400. The van der Waals surface area contributed by atoms with Crippen LogP contribution >= 0.6 is 11.9 Å². The summed E-state index contributed by atoms with van der Waals surface area (Å²) in [6.45, 7) is 7.36. The molecule has 0 heterocycles. The smallest absolute Gasteiger partial charge is 0.133 e. The number of benzene rings is 1. The number of ether oxygens (including phenoxy) is 1. The van der Waals surface area contributed by atoms with E-state index >= 15 is 0 Å². The number of allylic oxidation sites excluding steroid dienone is 2. The molecule has 0 spiro atoms. The first kappa shape index (κ1) is 22.3. The van der Waals surface area contributed by atoms with E-state index in [0.29, 0.717) is 6.04 Å². The van der Waals surface area contributed by atoms with Crippen molar-refractivity contribution in [2.45, 2.75) is 44.6 Å². The lowest BCUT2D eigenvalue weighted by Gasteiger charge is -2.16. The molecule has 0 bridgehead atoms. The number of hydrogen-bond acceptors (Lipinski definition) is 4. The fourth-order valence-corrected chi connectivity index (χ4v) is 2.82. The van der Waals surface area contributed by atoms with Gasteiger partial charge in [0, 0.05) is 6.04 Å². The number of nitrogens with one attached hydrogen (secondary N) is 1. The van der Waals surface area contributed by atoms with Crippen molar-refractivity contribution in [2.75, 3.05) is 13.7 Å². The van der Waals surface area contributed by atoms with E-state index in [1.54, 1.807) is 7.11 Å². The van der Waals surface area contributed by atoms with E-state index < -0.39 is 0 Å². The zero-order valence-electron chi connectivity index (χ0n) is 15.2. The molecule has 3 nitrogen and oxygen atoms in total. The van der Waals surface area contributed by atoms with E-state index in [2.05, 4.69) is 69.3 Å². The van der Waals surface area contributed by atoms with Crippen LogP contribution in [0.4, 0.5) is 0 Å². The summed E-state index contributed by atoms with van der Waals surface area (Å²) >= 11 is 1.23. The molecule has 0 radical (unpaired) electrons. The van der Waals surface area contributed by atoms with Crippen molar-refractivity contribution < 1.29 is 4.74 Å². The lowest BCUT2D eigenvalue weighted by Crippen LogP contribution is -2.29. The lowest BCUT2D eigenvalue weighted by atomic mass is 10.1. The van der Waals surface area contributed by atoms with Crippen LogP contribution in [0.1, 0.15) is 32.8 Å². The Labute approximate surface area is 151 Å². The molecule has 0 saturated carbocycles. The monoisotopic (exact) mass is 346 g/mol. The maximum Gasteiger partial charge on any atom is 0.133 e. The number of terminal acetylenes is 1. The Morgan fingerprint density at radius 2 is 2.12 bits per heavy atom. The molecule has 1 rings (SSSR count). The molecule has 1 aromatic rings. The van der Waals surface area contributed by atoms with Crippen molar-refractivity contribution >= 4 is 11.9 Å². The van der Waals surface area contributed by atoms with Crippen LogP contribution in [0, 0.1) is 12.8 Å². The maximum absolute atomic E-state index is 5.68. The van der Waals surface area contributed by atoms with Crippen LogP contribution in [0.5, 0.6) is 5.75 Å². The third kappa shape index (κ3) is 7.74. The molecule has 0 aliphatic heterocycles. The molecule has 3 N–H and O–H groups in total. The van der Waals surface area contributed by atoms with Gasteiger partial charge in [0.05, 0.1) is 12.0 Å². The van der Waals surface area contributed by atoms with Crippen molar-refractivity contribution in [3.63, 3.8) is 0 Å². The van der Waals surface area contributed by atoms with Gasteiger partial charge in [-0.05, 0) is 68.5 Å². The van der Waals surface area contributed by atoms with Crippen molar-refractivity contribution in [1.29, 1.82) is 0 Å².